The van der Waals surface area contributed by atoms with Crippen molar-refractivity contribution in [1.29, 1.82) is 0 Å². The Balaban J connectivity index is 2.95. The molecule has 0 N–H and O–H groups in total. The summed E-state index contributed by atoms with van der Waals surface area (Å²) in [6, 6.07) is 0. The van der Waals surface area contributed by atoms with Crippen molar-refractivity contribution in [1.82, 2.24) is 4.90 Å². The summed E-state index contributed by atoms with van der Waals surface area (Å²) in [7, 11) is 2.14. The van der Waals surface area contributed by atoms with Gasteiger partial charge in [0.15, 0.2) is 0 Å². The van der Waals surface area contributed by atoms with Crippen molar-refractivity contribution >= 4 is 0 Å². The van der Waals surface area contributed by atoms with Crippen molar-refractivity contribution < 1.29 is 0 Å². The van der Waals surface area contributed by atoms with E-state index < -0.39 is 0 Å². The van der Waals surface area contributed by atoms with E-state index in [4.69, 9.17) is 0 Å². The van der Waals surface area contributed by atoms with Crippen molar-refractivity contribution in [3.8, 4) is 0 Å². The van der Waals surface area contributed by atoms with Crippen LogP contribution in [0.5, 0.6) is 0 Å². The highest BCUT2D eigenvalue weighted by Crippen LogP contribution is 2.32. The minimum atomic E-state index is 0.245. The number of hydrogen-bond acceptors (Lipinski definition) is 1. The van der Waals surface area contributed by atoms with E-state index in [0.717, 1.165) is 6.42 Å². The molecule has 0 spiro atoms. The number of rotatable bonds is 1. The minimum Gasteiger partial charge on any atom is -0.371 e. The van der Waals surface area contributed by atoms with Crippen molar-refractivity contribution in [2.24, 2.45) is 0 Å². The monoisotopic (exact) mass is 151 g/mol. The van der Waals surface area contributed by atoms with Crippen LogP contribution in [0.1, 0.15) is 27.2 Å². The third-order valence-electron chi connectivity index (χ3n) is 2.88. The molecule has 0 aromatic rings. The molecule has 1 heterocycles. The van der Waals surface area contributed by atoms with Crippen molar-refractivity contribution in [2.45, 2.75) is 32.7 Å². The highest BCUT2D eigenvalue weighted by atomic mass is 15.2. The highest BCUT2D eigenvalue weighted by molar-refractivity contribution is 5.35. The predicted molar refractivity (Wildman–Crippen MR) is 49.4 cm³/mol. The molecule has 0 saturated heterocycles. The average molecular weight is 151 g/mol. The van der Waals surface area contributed by atoms with Crippen LogP contribution >= 0.6 is 0 Å². The van der Waals surface area contributed by atoms with Crippen LogP contribution in [0.2, 0.25) is 0 Å². The summed E-state index contributed by atoms with van der Waals surface area (Å²) in [6.45, 7) is 6.61. The molecule has 0 aliphatic carbocycles. The van der Waals surface area contributed by atoms with Gasteiger partial charge in [-0.05, 0) is 38.1 Å². The van der Waals surface area contributed by atoms with Gasteiger partial charge in [0, 0.05) is 7.05 Å². The largest absolute Gasteiger partial charge is 0.371 e. The van der Waals surface area contributed by atoms with Crippen LogP contribution in [0.4, 0.5) is 0 Å². The van der Waals surface area contributed by atoms with Gasteiger partial charge in [0.2, 0.25) is 0 Å². The molecule has 1 rings (SSSR count). The molecular formula is C10H17N. The lowest BCUT2D eigenvalue weighted by atomic mass is 9.90. The van der Waals surface area contributed by atoms with Gasteiger partial charge in [-0.15, -0.1) is 0 Å². The highest BCUT2D eigenvalue weighted by Gasteiger charge is 2.31. The molecular weight excluding hydrogens is 134 g/mol. The Hall–Kier alpha value is -0.720. The Labute approximate surface area is 69.4 Å². The zero-order valence-electron chi connectivity index (χ0n) is 7.89. The summed E-state index contributed by atoms with van der Waals surface area (Å²) in [5.41, 5.74) is 1.68. The molecule has 1 nitrogen and oxygen atoms in total. The van der Waals surface area contributed by atoms with Crippen LogP contribution in [-0.4, -0.2) is 17.5 Å². The van der Waals surface area contributed by atoms with Gasteiger partial charge in [-0.25, -0.2) is 0 Å². The molecule has 0 saturated carbocycles. The lowest BCUT2D eigenvalue weighted by molar-refractivity contribution is 0.259. The normalized spacial score (nSPS) is 33.8. The molecule has 1 heteroatoms. The van der Waals surface area contributed by atoms with Gasteiger partial charge in [-0.2, -0.15) is 0 Å². The summed E-state index contributed by atoms with van der Waals surface area (Å²) in [4.78, 5) is 2.28. The first kappa shape index (κ1) is 8.38. The zero-order valence-corrected chi connectivity index (χ0v) is 7.89. The van der Waals surface area contributed by atoms with Crippen molar-refractivity contribution in [3.63, 3.8) is 0 Å². The Morgan fingerprint density at radius 2 is 2.27 bits per heavy atom. The van der Waals surface area contributed by atoms with Crippen molar-refractivity contribution in [2.75, 3.05) is 7.05 Å². The SMILES string of the molecule is C/C=C1/C=CN(C)C1(C)CC. The second-order valence-electron chi connectivity index (χ2n) is 3.30. The van der Waals surface area contributed by atoms with Gasteiger partial charge in [-0.1, -0.05) is 13.0 Å². The summed E-state index contributed by atoms with van der Waals surface area (Å²) in [6.07, 6.45) is 7.71. The second kappa shape index (κ2) is 2.72. The third-order valence-corrected chi connectivity index (χ3v) is 2.88. The molecule has 0 radical (unpaired) electrons. The fourth-order valence-electron chi connectivity index (χ4n) is 1.60. The fourth-order valence-corrected chi connectivity index (χ4v) is 1.60. The van der Waals surface area contributed by atoms with E-state index in [0.29, 0.717) is 0 Å². The number of allylic oxidation sites excluding steroid dienone is 1. The Kier molecular flexibility index (Phi) is 2.08. The van der Waals surface area contributed by atoms with Crippen LogP contribution < -0.4 is 0 Å². The lowest BCUT2D eigenvalue weighted by Crippen LogP contribution is -2.37. The molecule has 1 aliphatic rings. The maximum atomic E-state index is 2.28. The third kappa shape index (κ3) is 1.09. The van der Waals surface area contributed by atoms with E-state index in [1.54, 1.807) is 0 Å². The van der Waals surface area contributed by atoms with Gasteiger partial charge in [0.05, 0.1) is 5.54 Å². The quantitative estimate of drug-likeness (QED) is 0.556. The van der Waals surface area contributed by atoms with E-state index in [9.17, 15) is 0 Å². The van der Waals surface area contributed by atoms with Crippen LogP contribution in [0, 0.1) is 0 Å². The van der Waals surface area contributed by atoms with Gasteiger partial charge in [0.25, 0.3) is 0 Å². The van der Waals surface area contributed by atoms with Crippen LogP contribution in [-0.2, 0) is 0 Å². The summed E-state index contributed by atoms with van der Waals surface area (Å²) >= 11 is 0. The molecule has 1 unspecified atom stereocenters. The molecule has 1 aliphatic heterocycles. The number of likely N-dealkylation sites (N-methyl/N-ethyl adjacent to an activating group) is 1. The van der Waals surface area contributed by atoms with E-state index in [1.807, 2.05) is 0 Å². The van der Waals surface area contributed by atoms with E-state index in [-0.39, 0.29) is 5.54 Å². The molecule has 1 atom stereocenters. The average Bonchev–Trinajstić information content (AvgIpc) is 2.30. The van der Waals surface area contributed by atoms with Crippen LogP contribution in [0.15, 0.2) is 23.9 Å². The Bertz CT molecular complexity index is 203. The first-order valence-electron chi connectivity index (χ1n) is 4.23. The summed E-state index contributed by atoms with van der Waals surface area (Å²) in [5, 5.41) is 0. The van der Waals surface area contributed by atoms with Gasteiger partial charge < -0.3 is 4.90 Å². The van der Waals surface area contributed by atoms with Crippen LogP contribution in [0.25, 0.3) is 0 Å². The summed E-state index contributed by atoms with van der Waals surface area (Å²) in [5.74, 6) is 0. The first-order valence-corrected chi connectivity index (χ1v) is 4.23. The predicted octanol–water partition coefficient (Wildman–Crippen LogP) is 2.56. The molecule has 0 aromatic carbocycles. The molecule has 0 fully saturated rings. The molecule has 0 amide bonds. The smallest absolute Gasteiger partial charge is 0.0611 e. The zero-order chi connectivity index (χ0) is 8.48. The topological polar surface area (TPSA) is 3.24 Å². The maximum absolute atomic E-state index is 2.28. The van der Waals surface area contributed by atoms with E-state index >= 15 is 0 Å². The van der Waals surface area contributed by atoms with E-state index in [1.165, 1.54) is 5.57 Å². The summed E-state index contributed by atoms with van der Waals surface area (Å²) < 4.78 is 0. The Morgan fingerprint density at radius 3 is 2.64 bits per heavy atom. The standard InChI is InChI=1S/C10H17N/c1-5-9-7-8-11(4)10(9,3)6-2/h5,7-8H,6H2,1-4H3/b9-5-. The van der Waals surface area contributed by atoms with Crippen LogP contribution in [0.3, 0.4) is 0 Å². The van der Waals surface area contributed by atoms with Gasteiger partial charge >= 0.3 is 0 Å². The minimum absolute atomic E-state index is 0.245. The second-order valence-corrected chi connectivity index (χ2v) is 3.30. The van der Waals surface area contributed by atoms with Crippen molar-refractivity contribution in [3.05, 3.63) is 23.9 Å². The molecule has 0 aromatic heterocycles. The first-order chi connectivity index (χ1) is 5.15. The fraction of sp³-hybridized carbons (Fsp3) is 0.600. The van der Waals surface area contributed by atoms with Gasteiger partial charge in [-0.3, -0.25) is 0 Å². The lowest BCUT2D eigenvalue weighted by Gasteiger charge is -2.33. The molecule has 62 valence electrons. The maximum Gasteiger partial charge on any atom is 0.0611 e. The number of nitrogens with zero attached hydrogens (tertiary/aromatic N) is 1. The van der Waals surface area contributed by atoms with E-state index in [2.05, 4.69) is 51.1 Å². The molecule has 11 heavy (non-hydrogen) atoms. The Morgan fingerprint density at radius 1 is 1.64 bits per heavy atom. The van der Waals surface area contributed by atoms with Gasteiger partial charge in [0.1, 0.15) is 0 Å². The number of hydrogen-bond donors (Lipinski definition) is 0. The molecule has 0 bridgehead atoms.